The molecule has 0 aromatic heterocycles. The van der Waals surface area contributed by atoms with E-state index in [2.05, 4.69) is 0 Å². The van der Waals surface area contributed by atoms with E-state index in [-0.39, 0.29) is 18.4 Å². The smallest absolute Gasteiger partial charge is 0.254 e. The molecule has 2 amide bonds. The lowest BCUT2D eigenvalue weighted by Crippen LogP contribution is -2.40. The minimum atomic E-state index is -0.514. The number of nitrogens with zero attached hydrogens (tertiary/aromatic N) is 1. The molecule has 0 heterocycles. The van der Waals surface area contributed by atoms with Crippen LogP contribution >= 0.6 is 0 Å². The quantitative estimate of drug-likeness (QED) is 0.758. The van der Waals surface area contributed by atoms with Gasteiger partial charge in [-0.3, -0.25) is 9.59 Å². The van der Waals surface area contributed by atoms with Crippen LogP contribution in [0.25, 0.3) is 0 Å². The van der Waals surface area contributed by atoms with Gasteiger partial charge < -0.3 is 16.4 Å². The lowest BCUT2D eigenvalue weighted by Gasteiger charge is -2.23. The van der Waals surface area contributed by atoms with Crippen molar-refractivity contribution in [1.82, 2.24) is 4.90 Å². The zero-order chi connectivity index (χ0) is 13.7. The number of benzene rings is 1. The highest BCUT2D eigenvalue weighted by Gasteiger charge is 2.18. The van der Waals surface area contributed by atoms with Crippen molar-refractivity contribution in [3.63, 3.8) is 0 Å². The van der Waals surface area contributed by atoms with Crippen molar-refractivity contribution in [3.8, 4) is 0 Å². The summed E-state index contributed by atoms with van der Waals surface area (Å²) in [6, 6.07) is 6.61. The van der Waals surface area contributed by atoms with E-state index in [1.807, 2.05) is 13.8 Å². The Labute approximate surface area is 107 Å². The van der Waals surface area contributed by atoms with E-state index in [1.165, 1.54) is 4.90 Å². The molecule has 0 aliphatic heterocycles. The standard InChI is InChI=1S/C13H19N3O2/c1-9(2)7-16(8-12(15)17)13(18)10-3-5-11(14)6-4-10/h3-6,9H,7-8,14H2,1-2H3,(H2,15,17). The van der Waals surface area contributed by atoms with Gasteiger partial charge in [-0.1, -0.05) is 13.8 Å². The van der Waals surface area contributed by atoms with E-state index in [1.54, 1.807) is 24.3 Å². The van der Waals surface area contributed by atoms with E-state index in [9.17, 15) is 9.59 Å². The minimum absolute atomic E-state index is 0.0681. The zero-order valence-corrected chi connectivity index (χ0v) is 10.7. The summed E-state index contributed by atoms with van der Waals surface area (Å²) >= 11 is 0. The molecule has 0 aliphatic carbocycles. The van der Waals surface area contributed by atoms with Gasteiger partial charge in [-0.2, -0.15) is 0 Å². The number of nitrogen functional groups attached to an aromatic ring is 1. The molecule has 18 heavy (non-hydrogen) atoms. The summed E-state index contributed by atoms with van der Waals surface area (Å²) < 4.78 is 0. The second-order valence-electron chi connectivity index (χ2n) is 4.67. The van der Waals surface area contributed by atoms with Gasteiger partial charge in [0.1, 0.15) is 0 Å². The predicted octanol–water partition coefficient (Wildman–Crippen LogP) is 0.852. The maximum atomic E-state index is 12.2. The van der Waals surface area contributed by atoms with Gasteiger partial charge in [-0.15, -0.1) is 0 Å². The van der Waals surface area contributed by atoms with Crippen LogP contribution < -0.4 is 11.5 Å². The molecule has 1 aromatic carbocycles. The molecular weight excluding hydrogens is 230 g/mol. The highest BCUT2D eigenvalue weighted by atomic mass is 16.2. The Hall–Kier alpha value is -2.04. The van der Waals surface area contributed by atoms with Crippen molar-refractivity contribution in [2.45, 2.75) is 13.8 Å². The summed E-state index contributed by atoms with van der Waals surface area (Å²) in [6.07, 6.45) is 0. The average molecular weight is 249 g/mol. The molecule has 0 atom stereocenters. The van der Waals surface area contributed by atoms with Gasteiger partial charge in [0.05, 0.1) is 6.54 Å². The number of anilines is 1. The van der Waals surface area contributed by atoms with E-state index in [0.29, 0.717) is 17.8 Å². The van der Waals surface area contributed by atoms with Crippen molar-refractivity contribution in [2.24, 2.45) is 11.7 Å². The molecule has 0 fully saturated rings. The van der Waals surface area contributed by atoms with Gasteiger partial charge in [-0.25, -0.2) is 0 Å². The monoisotopic (exact) mass is 249 g/mol. The zero-order valence-electron chi connectivity index (χ0n) is 10.7. The van der Waals surface area contributed by atoms with E-state index >= 15 is 0 Å². The van der Waals surface area contributed by atoms with Crippen molar-refractivity contribution in [2.75, 3.05) is 18.8 Å². The SMILES string of the molecule is CC(C)CN(CC(N)=O)C(=O)c1ccc(N)cc1. The number of carbonyl (C=O) groups is 2. The summed E-state index contributed by atoms with van der Waals surface area (Å²) in [5.74, 6) is -0.455. The van der Waals surface area contributed by atoms with Crippen LogP contribution in [0.1, 0.15) is 24.2 Å². The van der Waals surface area contributed by atoms with Crippen molar-refractivity contribution < 1.29 is 9.59 Å². The Bertz CT molecular complexity index is 426. The molecule has 4 N–H and O–H groups in total. The normalized spacial score (nSPS) is 10.4. The molecule has 0 unspecified atom stereocenters. The van der Waals surface area contributed by atoms with E-state index < -0.39 is 5.91 Å². The Morgan fingerprint density at radius 2 is 1.78 bits per heavy atom. The number of hydrogen-bond donors (Lipinski definition) is 2. The molecule has 0 bridgehead atoms. The first kappa shape index (κ1) is 14.0. The van der Waals surface area contributed by atoms with E-state index in [4.69, 9.17) is 11.5 Å². The van der Waals surface area contributed by atoms with Crippen LogP contribution in [-0.4, -0.2) is 29.8 Å². The van der Waals surface area contributed by atoms with Gasteiger partial charge in [0.15, 0.2) is 0 Å². The largest absolute Gasteiger partial charge is 0.399 e. The first-order chi connectivity index (χ1) is 8.40. The topological polar surface area (TPSA) is 89.4 Å². The second kappa shape index (κ2) is 6.05. The van der Waals surface area contributed by atoms with Gasteiger partial charge >= 0.3 is 0 Å². The molecule has 1 rings (SSSR count). The Kier molecular flexibility index (Phi) is 4.71. The fourth-order valence-electron chi connectivity index (χ4n) is 1.66. The van der Waals surface area contributed by atoms with Crippen LogP contribution in [0.5, 0.6) is 0 Å². The third-order valence-corrected chi connectivity index (χ3v) is 2.38. The first-order valence-electron chi connectivity index (χ1n) is 5.83. The van der Waals surface area contributed by atoms with Gasteiger partial charge in [-0.05, 0) is 30.2 Å². The van der Waals surface area contributed by atoms with Crippen LogP contribution in [0, 0.1) is 5.92 Å². The van der Waals surface area contributed by atoms with E-state index in [0.717, 1.165) is 0 Å². The molecule has 0 aliphatic rings. The van der Waals surface area contributed by atoms with Crippen LogP contribution in [0.3, 0.4) is 0 Å². The summed E-state index contributed by atoms with van der Waals surface area (Å²) in [7, 11) is 0. The second-order valence-corrected chi connectivity index (χ2v) is 4.67. The number of amides is 2. The molecule has 5 nitrogen and oxygen atoms in total. The molecule has 0 radical (unpaired) electrons. The lowest BCUT2D eigenvalue weighted by molar-refractivity contribution is -0.118. The third-order valence-electron chi connectivity index (χ3n) is 2.38. The van der Waals surface area contributed by atoms with Crippen LogP contribution in [0.15, 0.2) is 24.3 Å². The third kappa shape index (κ3) is 4.08. The highest BCUT2D eigenvalue weighted by Crippen LogP contribution is 2.10. The molecule has 0 saturated carbocycles. The first-order valence-corrected chi connectivity index (χ1v) is 5.83. The van der Waals surface area contributed by atoms with Gasteiger partial charge in [0.25, 0.3) is 5.91 Å². The Morgan fingerprint density at radius 1 is 1.22 bits per heavy atom. The predicted molar refractivity (Wildman–Crippen MR) is 70.8 cm³/mol. The maximum absolute atomic E-state index is 12.2. The lowest BCUT2D eigenvalue weighted by atomic mass is 10.1. The Balaban J connectivity index is 2.87. The van der Waals surface area contributed by atoms with Crippen LogP contribution in [0.2, 0.25) is 0 Å². The van der Waals surface area contributed by atoms with Crippen molar-refractivity contribution >= 4 is 17.5 Å². The molecule has 0 saturated heterocycles. The fraction of sp³-hybridized carbons (Fsp3) is 0.385. The molecule has 0 spiro atoms. The number of rotatable bonds is 5. The summed E-state index contributed by atoms with van der Waals surface area (Å²) in [5, 5.41) is 0. The average Bonchev–Trinajstić information content (AvgIpc) is 2.27. The number of carbonyl (C=O) groups excluding carboxylic acids is 2. The molecule has 1 aromatic rings. The maximum Gasteiger partial charge on any atom is 0.254 e. The van der Waals surface area contributed by atoms with Crippen LogP contribution in [0.4, 0.5) is 5.69 Å². The molecular formula is C13H19N3O2. The number of nitrogens with two attached hydrogens (primary N) is 2. The molecule has 5 heteroatoms. The fourth-order valence-corrected chi connectivity index (χ4v) is 1.66. The van der Waals surface area contributed by atoms with Crippen molar-refractivity contribution in [1.29, 1.82) is 0 Å². The summed E-state index contributed by atoms with van der Waals surface area (Å²) in [6.45, 7) is 4.38. The number of primary amides is 1. The van der Waals surface area contributed by atoms with Gasteiger partial charge in [0.2, 0.25) is 5.91 Å². The highest BCUT2D eigenvalue weighted by molar-refractivity contribution is 5.96. The number of hydrogen-bond acceptors (Lipinski definition) is 3. The minimum Gasteiger partial charge on any atom is -0.399 e. The Morgan fingerprint density at radius 3 is 2.22 bits per heavy atom. The summed E-state index contributed by atoms with van der Waals surface area (Å²) in [5.41, 5.74) is 11.8. The molecule has 98 valence electrons. The van der Waals surface area contributed by atoms with Crippen LogP contribution in [-0.2, 0) is 4.79 Å². The summed E-state index contributed by atoms with van der Waals surface area (Å²) in [4.78, 5) is 24.7. The van der Waals surface area contributed by atoms with Gasteiger partial charge in [0, 0.05) is 17.8 Å². The van der Waals surface area contributed by atoms with Crippen molar-refractivity contribution in [3.05, 3.63) is 29.8 Å².